The molecule has 1 aromatic carbocycles. The summed E-state index contributed by atoms with van der Waals surface area (Å²) in [5.74, 6) is 0. The van der Waals surface area contributed by atoms with Gasteiger partial charge in [-0.1, -0.05) is 12.8 Å². The van der Waals surface area contributed by atoms with Gasteiger partial charge in [-0.25, -0.2) is 4.79 Å². The van der Waals surface area contributed by atoms with Crippen molar-refractivity contribution in [2.24, 2.45) is 0 Å². The largest absolute Gasteiger partial charge is 0.378 e. The standard InChI is InChI=1S/C16H25N3O/c1-13-12-14(18(2)3)8-9-15(13)17-16(20)19-10-6-4-5-7-11-19/h8-9,12H,4-7,10-11H2,1-3H3,(H,17,20). The molecule has 1 aliphatic rings. The van der Waals surface area contributed by atoms with Crippen molar-refractivity contribution in [3.05, 3.63) is 23.8 Å². The molecule has 1 aromatic rings. The first-order valence-corrected chi connectivity index (χ1v) is 7.42. The summed E-state index contributed by atoms with van der Waals surface area (Å²) in [6.45, 7) is 3.78. The number of benzene rings is 1. The molecule has 0 saturated carbocycles. The van der Waals surface area contributed by atoms with Crippen LogP contribution in [0.25, 0.3) is 0 Å². The van der Waals surface area contributed by atoms with Crippen molar-refractivity contribution in [2.45, 2.75) is 32.6 Å². The third kappa shape index (κ3) is 3.65. The molecule has 4 heteroatoms. The number of aryl methyl sites for hydroxylation is 1. The Labute approximate surface area is 121 Å². The molecular weight excluding hydrogens is 250 g/mol. The molecule has 2 amide bonds. The van der Waals surface area contributed by atoms with E-state index in [1.54, 1.807) is 0 Å². The molecule has 1 saturated heterocycles. The lowest BCUT2D eigenvalue weighted by Crippen LogP contribution is -2.35. The molecule has 1 fully saturated rings. The second kappa shape index (κ2) is 6.64. The van der Waals surface area contributed by atoms with Crippen LogP contribution in [0.5, 0.6) is 0 Å². The normalized spacial score (nSPS) is 15.7. The molecule has 110 valence electrons. The van der Waals surface area contributed by atoms with E-state index < -0.39 is 0 Å². The van der Waals surface area contributed by atoms with Gasteiger partial charge in [0.1, 0.15) is 0 Å². The predicted molar refractivity (Wildman–Crippen MR) is 84.6 cm³/mol. The zero-order valence-electron chi connectivity index (χ0n) is 12.8. The number of nitrogens with one attached hydrogen (secondary N) is 1. The highest BCUT2D eigenvalue weighted by Gasteiger charge is 2.16. The molecular formula is C16H25N3O. The molecule has 0 spiro atoms. The van der Waals surface area contributed by atoms with Gasteiger partial charge in [0.25, 0.3) is 0 Å². The molecule has 2 rings (SSSR count). The molecule has 1 aliphatic heterocycles. The quantitative estimate of drug-likeness (QED) is 0.897. The van der Waals surface area contributed by atoms with E-state index in [1.165, 1.54) is 12.8 Å². The van der Waals surface area contributed by atoms with Crippen LogP contribution in [0.1, 0.15) is 31.2 Å². The van der Waals surface area contributed by atoms with Gasteiger partial charge in [0.05, 0.1) is 0 Å². The lowest BCUT2D eigenvalue weighted by molar-refractivity contribution is 0.213. The smallest absolute Gasteiger partial charge is 0.321 e. The monoisotopic (exact) mass is 275 g/mol. The highest BCUT2D eigenvalue weighted by molar-refractivity contribution is 5.90. The summed E-state index contributed by atoms with van der Waals surface area (Å²) in [6.07, 6.45) is 4.71. The maximum Gasteiger partial charge on any atom is 0.321 e. The summed E-state index contributed by atoms with van der Waals surface area (Å²) in [6, 6.07) is 6.15. The van der Waals surface area contributed by atoms with Gasteiger partial charge < -0.3 is 15.1 Å². The summed E-state index contributed by atoms with van der Waals surface area (Å²) in [7, 11) is 4.04. The molecule has 0 aliphatic carbocycles. The first kappa shape index (κ1) is 14.7. The molecule has 0 atom stereocenters. The van der Waals surface area contributed by atoms with Crippen LogP contribution in [0.2, 0.25) is 0 Å². The third-order valence-corrected chi connectivity index (χ3v) is 3.86. The van der Waals surface area contributed by atoms with E-state index in [4.69, 9.17) is 0 Å². The van der Waals surface area contributed by atoms with E-state index in [0.29, 0.717) is 0 Å². The molecule has 0 aromatic heterocycles. The van der Waals surface area contributed by atoms with Crippen molar-refractivity contribution in [2.75, 3.05) is 37.4 Å². The van der Waals surface area contributed by atoms with Crippen LogP contribution in [-0.4, -0.2) is 38.1 Å². The average Bonchev–Trinajstić information content (AvgIpc) is 2.69. The van der Waals surface area contributed by atoms with Gasteiger partial charge in [0.2, 0.25) is 0 Å². The number of urea groups is 1. The number of hydrogen-bond donors (Lipinski definition) is 1. The van der Waals surface area contributed by atoms with Crippen LogP contribution in [0, 0.1) is 6.92 Å². The van der Waals surface area contributed by atoms with Crippen molar-refractivity contribution in [3.8, 4) is 0 Å². The number of carbonyl (C=O) groups is 1. The Morgan fingerprint density at radius 3 is 2.35 bits per heavy atom. The van der Waals surface area contributed by atoms with E-state index in [2.05, 4.69) is 16.3 Å². The number of amides is 2. The van der Waals surface area contributed by atoms with Crippen molar-refractivity contribution in [3.63, 3.8) is 0 Å². The van der Waals surface area contributed by atoms with E-state index in [9.17, 15) is 4.79 Å². The number of nitrogens with zero attached hydrogens (tertiary/aromatic N) is 2. The fourth-order valence-corrected chi connectivity index (χ4v) is 2.53. The summed E-state index contributed by atoms with van der Waals surface area (Å²) in [5.41, 5.74) is 3.15. The van der Waals surface area contributed by atoms with Crippen LogP contribution in [0.15, 0.2) is 18.2 Å². The molecule has 20 heavy (non-hydrogen) atoms. The van der Waals surface area contributed by atoms with Crippen molar-refractivity contribution >= 4 is 17.4 Å². The summed E-state index contributed by atoms with van der Waals surface area (Å²) in [4.78, 5) is 16.3. The zero-order valence-corrected chi connectivity index (χ0v) is 12.8. The molecule has 1 N–H and O–H groups in total. The van der Waals surface area contributed by atoms with E-state index in [0.717, 1.165) is 42.9 Å². The number of anilines is 2. The lowest BCUT2D eigenvalue weighted by Gasteiger charge is -2.22. The van der Waals surface area contributed by atoms with Gasteiger partial charge in [-0.15, -0.1) is 0 Å². The fraction of sp³-hybridized carbons (Fsp3) is 0.562. The molecule has 0 bridgehead atoms. The van der Waals surface area contributed by atoms with Crippen LogP contribution in [0.3, 0.4) is 0 Å². The summed E-state index contributed by atoms with van der Waals surface area (Å²) >= 11 is 0. The second-order valence-electron chi connectivity index (χ2n) is 5.73. The first-order chi connectivity index (χ1) is 9.58. The topological polar surface area (TPSA) is 35.6 Å². The van der Waals surface area contributed by atoms with Crippen molar-refractivity contribution in [1.82, 2.24) is 4.90 Å². The van der Waals surface area contributed by atoms with Gasteiger partial charge in [0, 0.05) is 38.6 Å². The van der Waals surface area contributed by atoms with E-state index in [1.807, 2.05) is 38.1 Å². The fourth-order valence-electron chi connectivity index (χ4n) is 2.53. The molecule has 0 unspecified atom stereocenters. The Morgan fingerprint density at radius 2 is 1.80 bits per heavy atom. The first-order valence-electron chi connectivity index (χ1n) is 7.42. The number of carbonyl (C=O) groups excluding carboxylic acids is 1. The minimum absolute atomic E-state index is 0.0348. The Hall–Kier alpha value is -1.71. The van der Waals surface area contributed by atoms with E-state index in [-0.39, 0.29) is 6.03 Å². The highest BCUT2D eigenvalue weighted by atomic mass is 16.2. The van der Waals surface area contributed by atoms with Crippen molar-refractivity contribution in [1.29, 1.82) is 0 Å². The third-order valence-electron chi connectivity index (χ3n) is 3.86. The van der Waals surface area contributed by atoms with Crippen LogP contribution < -0.4 is 10.2 Å². The molecule has 0 radical (unpaired) electrons. The molecule has 4 nitrogen and oxygen atoms in total. The van der Waals surface area contributed by atoms with Gasteiger partial charge in [-0.05, 0) is 43.5 Å². The van der Waals surface area contributed by atoms with Crippen molar-refractivity contribution < 1.29 is 4.79 Å². The Morgan fingerprint density at radius 1 is 1.15 bits per heavy atom. The summed E-state index contributed by atoms with van der Waals surface area (Å²) < 4.78 is 0. The SMILES string of the molecule is Cc1cc(N(C)C)ccc1NC(=O)N1CCCCCC1. The van der Waals surface area contributed by atoms with Crippen LogP contribution in [0.4, 0.5) is 16.2 Å². The highest BCUT2D eigenvalue weighted by Crippen LogP contribution is 2.22. The van der Waals surface area contributed by atoms with Crippen LogP contribution in [-0.2, 0) is 0 Å². The maximum atomic E-state index is 12.3. The van der Waals surface area contributed by atoms with Gasteiger partial charge in [-0.3, -0.25) is 0 Å². The second-order valence-corrected chi connectivity index (χ2v) is 5.73. The van der Waals surface area contributed by atoms with E-state index >= 15 is 0 Å². The van der Waals surface area contributed by atoms with Gasteiger partial charge in [-0.2, -0.15) is 0 Å². The predicted octanol–water partition coefficient (Wildman–Crippen LogP) is 3.47. The Kier molecular flexibility index (Phi) is 4.88. The van der Waals surface area contributed by atoms with Gasteiger partial charge >= 0.3 is 6.03 Å². The van der Waals surface area contributed by atoms with Gasteiger partial charge in [0.15, 0.2) is 0 Å². The van der Waals surface area contributed by atoms with Crippen LogP contribution >= 0.6 is 0 Å². The minimum atomic E-state index is 0.0348. The average molecular weight is 275 g/mol. The minimum Gasteiger partial charge on any atom is -0.378 e. The number of rotatable bonds is 2. The lowest BCUT2D eigenvalue weighted by atomic mass is 10.1. The maximum absolute atomic E-state index is 12.3. The summed E-state index contributed by atoms with van der Waals surface area (Å²) in [5, 5.41) is 3.04. The zero-order chi connectivity index (χ0) is 14.5. The number of hydrogen-bond acceptors (Lipinski definition) is 2. The Bertz CT molecular complexity index is 463. The molecule has 1 heterocycles. The number of likely N-dealkylation sites (tertiary alicyclic amines) is 1. The Balaban J connectivity index is 2.03.